The first-order chi connectivity index (χ1) is 17.7. The van der Waals surface area contributed by atoms with Gasteiger partial charge in [-0.05, 0) is 51.9 Å². The minimum atomic E-state index is -1.09. The van der Waals surface area contributed by atoms with Crippen LogP contribution in [0.15, 0.2) is 0 Å². The number of alkyl carbamates (subject to hydrolysis) is 1. The SMILES string of the molecule is CC(C)(C)OC(=O)N[C@H](C(=O)N1C[C@H]2[C@@H]([C@H]1C(=O)N[C@@H](CC1CC1)C(=O)C(N)=O)C2(Br)Br)C1CCCCC1. The number of rotatable bonds is 9. The predicted molar refractivity (Wildman–Crippen MR) is 146 cm³/mol. The number of carbonyl (C=O) groups is 5. The molecule has 0 radical (unpaired) electrons. The quantitative estimate of drug-likeness (QED) is 0.256. The van der Waals surface area contributed by atoms with Crippen LogP contribution in [0.1, 0.15) is 72.1 Å². The van der Waals surface area contributed by atoms with Crippen LogP contribution >= 0.6 is 31.9 Å². The van der Waals surface area contributed by atoms with Crippen molar-refractivity contribution >= 4 is 61.5 Å². The van der Waals surface area contributed by atoms with Gasteiger partial charge < -0.3 is 26.0 Å². The third-order valence-corrected chi connectivity index (χ3v) is 10.3. The van der Waals surface area contributed by atoms with Crippen LogP contribution in [0.4, 0.5) is 4.79 Å². The first-order valence-corrected chi connectivity index (χ1v) is 15.1. The van der Waals surface area contributed by atoms with Crippen LogP contribution in [-0.2, 0) is 23.9 Å². The molecular formula is C26H38Br2N4O6. The summed E-state index contributed by atoms with van der Waals surface area (Å²) in [5, 5.41) is 5.56. The van der Waals surface area contributed by atoms with Crippen LogP contribution < -0.4 is 16.4 Å². The molecule has 38 heavy (non-hydrogen) atoms. The summed E-state index contributed by atoms with van der Waals surface area (Å²) in [5.41, 5.74) is 4.53. The highest BCUT2D eigenvalue weighted by molar-refractivity contribution is 9.25. The largest absolute Gasteiger partial charge is 0.444 e. The van der Waals surface area contributed by atoms with Gasteiger partial charge >= 0.3 is 6.09 Å². The number of likely N-dealkylation sites (tertiary alicyclic amines) is 1. The number of piperidine rings is 1. The van der Waals surface area contributed by atoms with Crippen molar-refractivity contribution in [2.45, 2.75) is 99.1 Å². The van der Waals surface area contributed by atoms with Crippen molar-refractivity contribution in [1.82, 2.24) is 15.5 Å². The number of ketones is 1. The first kappa shape index (κ1) is 29.3. The Labute approximate surface area is 240 Å². The molecular weight excluding hydrogens is 624 g/mol. The molecule has 0 spiro atoms. The number of hydrogen-bond acceptors (Lipinski definition) is 6. The van der Waals surface area contributed by atoms with Crippen LogP contribution in [0.3, 0.4) is 0 Å². The average molecular weight is 662 g/mol. The fraction of sp³-hybridized carbons (Fsp3) is 0.808. The van der Waals surface area contributed by atoms with Crippen molar-refractivity contribution in [3.63, 3.8) is 0 Å². The Morgan fingerprint density at radius 3 is 2.21 bits per heavy atom. The second kappa shape index (κ2) is 11.1. The minimum Gasteiger partial charge on any atom is -0.444 e. The van der Waals surface area contributed by atoms with E-state index in [1.165, 1.54) is 4.90 Å². The average Bonchev–Trinajstić information content (AvgIpc) is 3.68. The number of nitrogens with two attached hydrogens (primary N) is 1. The van der Waals surface area contributed by atoms with Gasteiger partial charge in [0.1, 0.15) is 17.7 Å². The molecule has 0 bridgehead atoms. The molecule has 1 saturated heterocycles. The summed E-state index contributed by atoms with van der Waals surface area (Å²) < 4.78 is 4.95. The van der Waals surface area contributed by atoms with Gasteiger partial charge in [0.25, 0.3) is 5.91 Å². The Bertz CT molecular complexity index is 989. The Balaban J connectivity index is 1.55. The molecule has 0 unspecified atom stereocenters. The Morgan fingerprint density at radius 1 is 1.03 bits per heavy atom. The molecule has 4 amide bonds. The van der Waals surface area contributed by atoms with E-state index in [4.69, 9.17) is 10.5 Å². The number of Topliss-reactive ketones (excluding diaryl/α,β-unsaturated/α-hetero) is 1. The van der Waals surface area contributed by atoms with Crippen molar-refractivity contribution in [2.75, 3.05) is 6.54 Å². The van der Waals surface area contributed by atoms with Gasteiger partial charge in [-0.3, -0.25) is 19.2 Å². The van der Waals surface area contributed by atoms with Crippen LogP contribution in [0, 0.1) is 23.7 Å². The number of primary amides is 1. The van der Waals surface area contributed by atoms with E-state index < -0.39 is 50.7 Å². The van der Waals surface area contributed by atoms with Crippen molar-refractivity contribution in [2.24, 2.45) is 29.4 Å². The van der Waals surface area contributed by atoms with E-state index in [9.17, 15) is 24.0 Å². The number of nitrogens with one attached hydrogen (secondary N) is 2. The second-order valence-corrected chi connectivity index (χ2v) is 15.9. The molecule has 0 aromatic rings. The number of alkyl halides is 2. The molecule has 4 fully saturated rings. The first-order valence-electron chi connectivity index (χ1n) is 13.5. The molecule has 1 heterocycles. The third kappa shape index (κ3) is 6.54. The molecule has 4 aliphatic rings. The van der Waals surface area contributed by atoms with Crippen LogP contribution in [0.25, 0.3) is 0 Å². The van der Waals surface area contributed by atoms with Gasteiger partial charge in [0, 0.05) is 18.4 Å². The van der Waals surface area contributed by atoms with Crippen molar-refractivity contribution in [1.29, 1.82) is 0 Å². The third-order valence-electron chi connectivity index (χ3n) is 8.09. The number of ether oxygens (including phenoxy) is 1. The molecule has 12 heteroatoms. The number of amides is 4. The molecule has 1 aliphatic heterocycles. The summed E-state index contributed by atoms with van der Waals surface area (Å²) in [7, 11) is 0. The zero-order valence-electron chi connectivity index (χ0n) is 22.1. The van der Waals surface area contributed by atoms with E-state index >= 15 is 0 Å². The highest BCUT2D eigenvalue weighted by atomic mass is 79.9. The van der Waals surface area contributed by atoms with Gasteiger partial charge in [-0.25, -0.2) is 4.79 Å². The van der Waals surface area contributed by atoms with Crippen LogP contribution in [-0.4, -0.2) is 68.0 Å². The fourth-order valence-electron chi connectivity index (χ4n) is 5.94. The van der Waals surface area contributed by atoms with Gasteiger partial charge in [-0.15, -0.1) is 0 Å². The van der Waals surface area contributed by atoms with E-state index in [0.717, 1.165) is 44.9 Å². The zero-order valence-corrected chi connectivity index (χ0v) is 25.3. The molecule has 0 aromatic heterocycles. The molecule has 3 saturated carbocycles. The highest BCUT2D eigenvalue weighted by Crippen LogP contribution is 2.67. The van der Waals surface area contributed by atoms with E-state index in [-0.39, 0.29) is 29.6 Å². The number of hydrogen-bond donors (Lipinski definition) is 3. The summed E-state index contributed by atoms with van der Waals surface area (Å²) in [5.74, 6) is -2.80. The number of nitrogens with zero attached hydrogens (tertiary/aromatic N) is 1. The van der Waals surface area contributed by atoms with E-state index in [0.29, 0.717) is 13.0 Å². The minimum absolute atomic E-state index is 0.0237. The maximum Gasteiger partial charge on any atom is 0.408 e. The number of fused-ring (bicyclic) bond motifs is 1. The molecule has 0 aromatic carbocycles. The Hall–Kier alpha value is -1.69. The topological polar surface area (TPSA) is 148 Å². The summed E-state index contributed by atoms with van der Waals surface area (Å²) in [6, 6.07) is -2.72. The predicted octanol–water partition coefficient (Wildman–Crippen LogP) is 2.74. The Morgan fingerprint density at radius 2 is 1.66 bits per heavy atom. The molecule has 4 rings (SSSR count). The number of halogens is 2. The van der Waals surface area contributed by atoms with E-state index in [2.05, 4.69) is 42.5 Å². The van der Waals surface area contributed by atoms with Crippen molar-refractivity contribution < 1.29 is 28.7 Å². The zero-order chi connectivity index (χ0) is 28.0. The smallest absolute Gasteiger partial charge is 0.408 e. The van der Waals surface area contributed by atoms with Gasteiger partial charge in [0.15, 0.2) is 0 Å². The van der Waals surface area contributed by atoms with Gasteiger partial charge in [-0.1, -0.05) is 64.0 Å². The molecule has 3 aliphatic carbocycles. The molecule has 5 atom stereocenters. The lowest BCUT2D eigenvalue weighted by atomic mass is 9.83. The molecule has 212 valence electrons. The standard InChI is InChI=1S/C26H38Br2N4O6/c1-25(2,3)38-24(37)31-18(14-7-5-4-6-8-14)23(36)32-12-15-17(26(15,27)28)19(32)22(35)30-16(11-13-9-10-13)20(33)21(29)34/h13-19H,4-12H2,1-3H3,(H2,29,34)(H,30,35)(H,31,37)/t15-,16-,17-,18-,19-/m0/s1. The number of carbonyl (C=O) groups excluding carboxylic acids is 5. The van der Waals surface area contributed by atoms with E-state index in [1.54, 1.807) is 20.8 Å². The fourth-order valence-corrected chi connectivity index (χ4v) is 7.68. The maximum atomic E-state index is 14.1. The van der Waals surface area contributed by atoms with Crippen molar-refractivity contribution in [3.05, 3.63) is 0 Å². The van der Waals surface area contributed by atoms with Crippen LogP contribution in [0.2, 0.25) is 0 Å². The lowest BCUT2D eigenvalue weighted by molar-refractivity contribution is -0.144. The van der Waals surface area contributed by atoms with Gasteiger partial charge in [-0.2, -0.15) is 0 Å². The van der Waals surface area contributed by atoms with Gasteiger partial charge in [0.2, 0.25) is 17.6 Å². The summed E-state index contributed by atoms with van der Waals surface area (Å²) in [6.07, 6.45) is 6.13. The summed E-state index contributed by atoms with van der Waals surface area (Å²) in [6.45, 7) is 5.59. The molecule has 10 nitrogen and oxygen atoms in total. The molecule has 4 N–H and O–H groups in total. The summed E-state index contributed by atoms with van der Waals surface area (Å²) in [4.78, 5) is 66.1. The lowest BCUT2D eigenvalue weighted by Crippen LogP contribution is -2.60. The Kier molecular flexibility index (Phi) is 8.53. The maximum absolute atomic E-state index is 14.1. The van der Waals surface area contributed by atoms with Crippen LogP contribution in [0.5, 0.6) is 0 Å². The van der Waals surface area contributed by atoms with Crippen molar-refractivity contribution in [3.8, 4) is 0 Å². The summed E-state index contributed by atoms with van der Waals surface area (Å²) >= 11 is 7.28. The van der Waals surface area contributed by atoms with Gasteiger partial charge in [0.05, 0.1) is 9.28 Å². The van der Waals surface area contributed by atoms with E-state index in [1.807, 2.05) is 0 Å². The second-order valence-electron chi connectivity index (χ2n) is 12.2. The normalized spacial score (nSPS) is 28.0. The lowest BCUT2D eigenvalue weighted by Gasteiger charge is -2.37. The highest BCUT2D eigenvalue weighted by Gasteiger charge is 2.73. The monoisotopic (exact) mass is 660 g/mol.